The standard InChI is InChI=1S/C12H19BrN2O/c1-9(14-2)11-8-10(13)4-5-12(11)15(3)6-7-16/h4-5,8-9,14,16H,6-7H2,1-3H3. The summed E-state index contributed by atoms with van der Waals surface area (Å²) in [4.78, 5) is 2.07. The summed E-state index contributed by atoms with van der Waals surface area (Å²) in [5.74, 6) is 0. The maximum absolute atomic E-state index is 8.97. The normalized spacial score (nSPS) is 12.6. The minimum absolute atomic E-state index is 0.167. The Labute approximate surface area is 106 Å². The second kappa shape index (κ2) is 6.23. The van der Waals surface area contributed by atoms with E-state index in [1.165, 1.54) is 5.56 Å². The third-order valence-electron chi connectivity index (χ3n) is 2.74. The third-order valence-corrected chi connectivity index (χ3v) is 3.23. The fourth-order valence-electron chi connectivity index (χ4n) is 1.65. The molecule has 0 bridgehead atoms. The van der Waals surface area contributed by atoms with Crippen molar-refractivity contribution in [3.63, 3.8) is 0 Å². The van der Waals surface area contributed by atoms with E-state index in [0.29, 0.717) is 6.54 Å². The number of anilines is 1. The van der Waals surface area contributed by atoms with Gasteiger partial charge in [-0.05, 0) is 37.7 Å². The smallest absolute Gasteiger partial charge is 0.0606 e. The molecule has 1 aromatic carbocycles. The molecule has 0 heterocycles. The number of aliphatic hydroxyl groups is 1. The van der Waals surface area contributed by atoms with Crippen molar-refractivity contribution >= 4 is 21.6 Å². The van der Waals surface area contributed by atoms with Crippen LogP contribution >= 0.6 is 15.9 Å². The molecule has 0 aromatic heterocycles. The van der Waals surface area contributed by atoms with Gasteiger partial charge in [-0.2, -0.15) is 0 Å². The van der Waals surface area contributed by atoms with Gasteiger partial charge in [-0.3, -0.25) is 0 Å². The summed E-state index contributed by atoms with van der Waals surface area (Å²) in [5.41, 5.74) is 2.38. The molecule has 0 fully saturated rings. The average Bonchev–Trinajstić information content (AvgIpc) is 2.28. The molecule has 3 nitrogen and oxygen atoms in total. The SMILES string of the molecule is CNC(C)c1cc(Br)ccc1N(C)CCO. The molecule has 0 aliphatic carbocycles. The maximum atomic E-state index is 8.97. The molecule has 4 heteroatoms. The lowest BCUT2D eigenvalue weighted by Gasteiger charge is -2.24. The molecule has 1 aromatic rings. The van der Waals surface area contributed by atoms with Crippen LogP contribution in [0.25, 0.3) is 0 Å². The number of benzene rings is 1. The largest absolute Gasteiger partial charge is 0.395 e. The van der Waals surface area contributed by atoms with Crippen molar-refractivity contribution in [1.29, 1.82) is 0 Å². The number of aliphatic hydroxyl groups excluding tert-OH is 1. The van der Waals surface area contributed by atoms with Crippen molar-refractivity contribution in [2.24, 2.45) is 0 Å². The maximum Gasteiger partial charge on any atom is 0.0606 e. The molecule has 0 aliphatic heterocycles. The van der Waals surface area contributed by atoms with Gasteiger partial charge in [0.15, 0.2) is 0 Å². The Bertz CT molecular complexity index is 344. The fourth-order valence-corrected chi connectivity index (χ4v) is 2.02. The molecule has 1 rings (SSSR count). The van der Waals surface area contributed by atoms with Crippen molar-refractivity contribution < 1.29 is 5.11 Å². The van der Waals surface area contributed by atoms with E-state index in [2.05, 4.69) is 45.2 Å². The molecule has 0 saturated heterocycles. The average molecular weight is 287 g/mol. The summed E-state index contributed by atoms with van der Waals surface area (Å²) in [6.45, 7) is 2.93. The van der Waals surface area contributed by atoms with Crippen molar-refractivity contribution in [1.82, 2.24) is 5.32 Å². The molecular formula is C12H19BrN2O. The van der Waals surface area contributed by atoms with Gasteiger partial charge in [0.25, 0.3) is 0 Å². The topological polar surface area (TPSA) is 35.5 Å². The van der Waals surface area contributed by atoms with Gasteiger partial charge < -0.3 is 15.3 Å². The minimum atomic E-state index is 0.167. The van der Waals surface area contributed by atoms with Crippen LogP contribution in [0.5, 0.6) is 0 Å². The third kappa shape index (κ3) is 3.20. The molecule has 1 unspecified atom stereocenters. The number of nitrogens with zero attached hydrogens (tertiary/aromatic N) is 1. The first-order valence-electron chi connectivity index (χ1n) is 5.38. The van der Waals surface area contributed by atoms with Crippen LogP contribution in [-0.4, -0.2) is 32.4 Å². The van der Waals surface area contributed by atoms with Gasteiger partial charge in [0, 0.05) is 29.8 Å². The first kappa shape index (κ1) is 13.5. The fraction of sp³-hybridized carbons (Fsp3) is 0.500. The quantitative estimate of drug-likeness (QED) is 0.871. The number of likely N-dealkylation sites (N-methyl/N-ethyl adjacent to an activating group) is 1. The predicted octanol–water partition coefficient (Wildman–Crippen LogP) is 2.16. The van der Waals surface area contributed by atoms with Gasteiger partial charge in [0.2, 0.25) is 0 Å². The first-order chi connectivity index (χ1) is 7.60. The molecule has 16 heavy (non-hydrogen) atoms. The van der Waals surface area contributed by atoms with Gasteiger partial charge in [0.1, 0.15) is 0 Å². The Kier molecular flexibility index (Phi) is 5.25. The Morgan fingerprint density at radius 3 is 2.75 bits per heavy atom. The van der Waals surface area contributed by atoms with Gasteiger partial charge in [-0.15, -0.1) is 0 Å². The molecule has 0 amide bonds. The van der Waals surface area contributed by atoms with E-state index in [-0.39, 0.29) is 12.6 Å². The van der Waals surface area contributed by atoms with Crippen LogP contribution in [0.15, 0.2) is 22.7 Å². The summed E-state index contributed by atoms with van der Waals surface area (Å²) < 4.78 is 1.07. The lowest BCUT2D eigenvalue weighted by atomic mass is 10.1. The summed E-state index contributed by atoms with van der Waals surface area (Å²) >= 11 is 3.49. The van der Waals surface area contributed by atoms with Crippen LogP contribution in [0.3, 0.4) is 0 Å². The van der Waals surface area contributed by atoms with E-state index in [9.17, 15) is 0 Å². The van der Waals surface area contributed by atoms with Crippen LogP contribution in [0.1, 0.15) is 18.5 Å². The first-order valence-corrected chi connectivity index (χ1v) is 6.18. The molecule has 1 atom stereocenters. The van der Waals surface area contributed by atoms with Crippen LogP contribution in [0.2, 0.25) is 0 Å². The number of hydrogen-bond acceptors (Lipinski definition) is 3. The predicted molar refractivity (Wildman–Crippen MR) is 72.0 cm³/mol. The Balaban J connectivity index is 3.06. The van der Waals surface area contributed by atoms with Crippen LogP contribution < -0.4 is 10.2 Å². The second-order valence-electron chi connectivity index (χ2n) is 3.86. The van der Waals surface area contributed by atoms with Gasteiger partial charge in [-0.1, -0.05) is 15.9 Å². The van der Waals surface area contributed by atoms with E-state index in [1.54, 1.807) is 0 Å². The summed E-state index contributed by atoms with van der Waals surface area (Å²) in [7, 11) is 3.94. The van der Waals surface area contributed by atoms with E-state index in [0.717, 1.165) is 10.2 Å². The number of hydrogen-bond donors (Lipinski definition) is 2. The zero-order valence-electron chi connectivity index (χ0n) is 10.00. The van der Waals surface area contributed by atoms with Crippen molar-refractivity contribution in [3.8, 4) is 0 Å². The van der Waals surface area contributed by atoms with Crippen molar-refractivity contribution in [2.75, 3.05) is 32.1 Å². The zero-order valence-corrected chi connectivity index (χ0v) is 11.6. The molecule has 0 radical (unpaired) electrons. The molecule has 0 spiro atoms. The number of nitrogens with one attached hydrogen (secondary N) is 1. The van der Waals surface area contributed by atoms with Gasteiger partial charge >= 0.3 is 0 Å². The summed E-state index contributed by atoms with van der Waals surface area (Å²) in [6, 6.07) is 6.50. The van der Waals surface area contributed by atoms with E-state index < -0.39 is 0 Å². The molecule has 0 saturated carbocycles. The lowest BCUT2D eigenvalue weighted by molar-refractivity contribution is 0.304. The monoisotopic (exact) mass is 286 g/mol. The van der Waals surface area contributed by atoms with Crippen molar-refractivity contribution in [2.45, 2.75) is 13.0 Å². The second-order valence-corrected chi connectivity index (χ2v) is 4.77. The van der Waals surface area contributed by atoms with Gasteiger partial charge in [-0.25, -0.2) is 0 Å². The Hall–Kier alpha value is -0.580. The Morgan fingerprint density at radius 1 is 1.50 bits per heavy atom. The van der Waals surface area contributed by atoms with E-state index >= 15 is 0 Å². The highest BCUT2D eigenvalue weighted by atomic mass is 79.9. The number of rotatable bonds is 5. The van der Waals surface area contributed by atoms with Crippen LogP contribution in [0.4, 0.5) is 5.69 Å². The molecule has 90 valence electrons. The lowest BCUT2D eigenvalue weighted by Crippen LogP contribution is -2.24. The van der Waals surface area contributed by atoms with Crippen LogP contribution in [0, 0.1) is 0 Å². The highest BCUT2D eigenvalue weighted by Crippen LogP contribution is 2.28. The minimum Gasteiger partial charge on any atom is -0.395 e. The Morgan fingerprint density at radius 2 is 2.19 bits per heavy atom. The van der Waals surface area contributed by atoms with Crippen molar-refractivity contribution in [3.05, 3.63) is 28.2 Å². The highest BCUT2D eigenvalue weighted by molar-refractivity contribution is 9.10. The molecular weight excluding hydrogens is 268 g/mol. The van der Waals surface area contributed by atoms with E-state index in [1.807, 2.05) is 20.2 Å². The van der Waals surface area contributed by atoms with E-state index in [4.69, 9.17) is 5.11 Å². The summed E-state index contributed by atoms with van der Waals surface area (Å²) in [6.07, 6.45) is 0. The molecule has 0 aliphatic rings. The zero-order chi connectivity index (χ0) is 12.1. The number of halogens is 1. The highest BCUT2D eigenvalue weighted by Gasteiger charge is 2.12. The van der Waals surface area contributed by atoms with Crippen LogP contribution in [-0.2, 0) is 0 Å². The summed E-state index contributed by atoms with van der Waals surface area (Å²) in [5, 5.41) is 12.2. The van der Waals surface area contributed by atoms with Gasteiger partial charge in [0.05, 0.1) is 6.61 Å². The molecule has 2 N–H and O–H groups in total.